The Morgan fingerprint density at radius 3 is 1.28 bits per heavy atom. The van der Waals surface area contributed by atoms with Crippen LogP contribution in [0.5, 0.6) is 5.75 Å². The largest absolute Gasteiger partial charge is 0.508 e. The summed E-state index contributed by atoms with van der Waals surface area (Å²) in [4.78, 5) is 32.6. The molecule has 2 aromatic heterocycles. The normalized spacial score (nSPS) is 13.1. The van der Waals surface area contributed by atoms with Crippen LogP contribution in [0.25, 0.3) is 0 Å². The molecule has 0 aliphatic heterocycles. The van der Waals surface area contributed by atoms with Crippen molar-refractivity contribution >= 4 is 31.6 Å². The molecule has 4 aromatic rings. The molecule has 0 radical (unpaired) electrons. The molecule has 2 atom stereocenters. The van der Waals surface area contributed by atoms with Crippen LogP contribution >= 0.6 is 0 Å². The van der Waals surface area contributed by atoms with Crippen molar-refractivity contribution < 1.29 is 46.9 Å². The molecular formula is C37H46N4O10S2. The summed E-state index contributed by atoms with van der Waals surface area (Å²) in [6.45, 7) is 5.11. The first-order valence-corrected chi connectivity index (χ1v) is 19.5. The molecule has 0 fully saturated rings. The molecule has 14 nitrogen and oxygen atoms in total. The topological polar surface area (TPSA) is 216 Å². The number of rotatable bonds is 17. The Labute approximate surface area is 310 Å². The van der Waals surface area contributed by atoms with E-state index in [4.69, 9.17) is 5.11 Å². The van der Waals surface area contributed by atoms with Gasteiger partial charge in [-0.25, -0.2) is 16.8 Å². The van der Waals surface area contributed by atoms with Crippen LogP contribution in [0.4, 0.5) is 0 Å². The predicted molar refractivity (Wildman–Crippen MR) is 196 cm³/mol. The molecule has 0 saturated heterocycles. The third-order valence-corrected chi connectivity index (χ3v) is 11.8. The van der Waals surface area contributed by atoms with Crippen molar-refractivity contribution in [3.63, 3.8) is 0 Å². The number of pyridine rings is 2. The lowest BCUT2D eigenvalue weighted by Crippen LogP contribution is -2.48. The number of hydrogen-bond acceptors (Lipinski definition) is 12. The molecule has 4 rings (SSSR count). The van der Waals surface area contributed by atoms with Crippen LogP contribution in [0.3, 0.4) is 0 Å². The number of nitrogens with zero attached hydrogens (tertiary/aromatic N) is 4. The number of sulfonamides is 2. The maximum atomic E-state index is 13.3. The number of ketones is 2. The number of aromatic nitrogens is 2. The lowest BCUT2D eigenvalue weighted by molar-refractivity contribution is -0.127. The van der Waals surface area contributed by atoms with Crippen molar-refractivity contribution in [3.8, 4) is 5.75 Å². The van der Waals surface area contributed by atoms with Crippen LogP contribution in [-0.4, -0.2) is 92.7 Å². The number of aliphatic hydroxyl groups is 3. The Hall–Kier alpha value is -4.42. The van der Waals surface area contributed by atoms with Crippen molar-refractivity contribution in [2.24, 2.45) is 11.8 Å². The van der Waals surface area contributed by atoms with Crippen molar-refractivity contribution in [3.05, 3.63) is 114 Å². The quantitative estimate of drug-likeness (QED) is 0.122. The lowest BCUT2D eigenvalue weighted by atomic mass is 10.00. The zero-order valence-corrected chi connectivity index (χ0v) is 31.6. The minimum atomic E-state index is -4.05. The second-order valence-corrected chi connectivity index (χ2v) is 16.5. The highest BCUT2D eigenvalue weighted by Crippen LogP contribution is 2.27. The van der Waals surface area contributed by atoms with E-state index in [-0.39, 0.29) is 47.1 Å². The van der Waals surface area contributed by atoms with Gasteiger partial charge in [0.1, 0.15) is 19.0 Å². The highest BCUT2D eigenvalue weighted by molar-refractivity contribution is 7.89. The zero-order valence-electron chi connectivity index (χ0n) is 29.9. The predicted octanol–water partition coefficient (Wildman–Crippen LogP) is 2.91. The zero-order chi connectivity index (χ0) is 39.3. The van der Waals surface area contributed by atoms with Gasteiger partial charge in [0.05, 0.1) is 28.5 Å². The summed E-state index contributed by atoms with van der Waals surface area (Å²) < 4.78 is 55.2. The van der Waals surface area contributed by atoms with Gasteiger partial charge >= 0.3 is 0 Å². The van der Waals surface area contributed by atoms with Gasteiger partial charge in [-0.3, -0.25) is 19.6 Å². The average Bonchev–Trinajstić information content (AvgIpc) is 3.15. The Morgan fingerprint density at radius 1 is 0.604 bits per heavy atom. The number of carbonyl (C=O) groups is 2. The van der Waals surface area contributed by atoms with Crippen LogP contribution in [-0.2, 0) is 49.3 Å². The summed E-state index contributed by atoms with van der Waals surface area (Å²) >= 11 is 0. The van der Waals surface area contributed by atoms with Crippen molar-refractivity contribution in [2.75, 3.05) is 13.2 Å². The fourth-order valence-corrected chi connectivity index (χ4v) is 9.04. The van der Waals surface area contributed by atoms with Crippen molar-refractivity contribution in [2.45, 2.75) is 69.3 Å². The molecule has 16 heteroatoms. The van der Waals surface area contributed by atoms with Gasteiger partial charge in [-0.2, -0.15) is 8.61 Å². The molecule has 0 amide bonds. The number of carbonyl (C=O) groups excluding carboxylic acids is 2. The molecule has 0 spiro atoms. The van der Waals surface area contributed by atoms with E-state index in [1.54, 1.807) is 64.4 Å². The highest BCUT2D eigenvalue weighted by atomic mass is 32.2. The summed E-state index contributed by atoms with van der Waals surface area (Å²) in [6, 6.07) is 15.7. The monoisotopic (exact) mass is 770 g/mol. The highest BCUT2D eigenvalue weighted by Gasteiger charge is 2.39. The summed E-state index contributed by atoms with van der Waals surface area (Å²) in [7, 11) is -8.08. The van der Waals surface area contributed by atoms with E-state index in [1.807, 2.05) is 0 Å². The molecule has 286 valence electrons. The van der Waals surface area contributed by atoms with E-state index in [2.05, 4.69) is 9.97 Å². The van der Waals surface area contributed by atoms with E-state index in [0.717, 1.165) is 8.61 Å². The molecule has 2 aromatic carbocycles. The summed E-state index contributed by atoms with van der Waals surface area (Å²) in [5.41, 5.74) is 1.83. The Kier molecular flexibility index (Phi) is 15.9. The third-order valence-electron chi connectivity index (χ3n) is 8.13. The van der Waals surface area contributed by atoms with E-state index in [9.17, 15) is 41.7 Å². The first-order valence-electron chi connectivity index (χ1n) is 16.7. The van der Waals surface area contributed by atoms with Gasteiger partial charge in [-0.1, -0.05) is 52.0 Å². The fraction of sp³-hybridized carbons (Fsp3) is 0.351. The second kappa shape index (κ2) is 19.6. The molecule has 0 aliphatic rings. The number of phenolic OH excluding ortho intramolecular Hbond substituents is 1. The van der Waals surface area contributed by atoms with E-state index < -0.39 is 56.9 Å². The second-order valence-electron chi connectivity index (χ2n) is 12.7. The van der Waals surface area contributed by atoms with Gasteiger partial charge in [-0.15, -0.1) is 0 Å². The van der Waals surface area contributed by atoms with Gasteiger partial charge in [0.25, 0.3) is 0 Å². The minimum absolute atomic E-state index is 0.0139. The van der Waals surface area contributed by atoms with Crippen molar-refractivity contribution in [1.82, 2.24) is 18.6 Å². The number of phenols is 1. The lowest BCUT2D eigenvalue weighted by Gasteiger charge is -2.32. The maximum Gasteiger partial charge on any atom is 0.244 e. The standard InChI is InChI=1S/C19H24N2O5S.C18H22N2O5S/c1-14(2)19(18(24)13-23)21(11-16-4-3-9-20-10-16)27(25,26)17-7-5-15(12-22)6-8-17;1-13(2)18(17(23)12-21)20(11-14-4-3-9-19-10-14)26(24,25)16-7-5-15(22)6-8-16/h3-10,14,19,22-23H,11-13H2,1-2H3;3-10,13,18,21-22H,11-12H2,1-2H3. The first kappa shape index (κ1) is 43.0. The summed E-state index contributed by atoms with van der Waals surface area (Å²) in [6.07, 6.45) is 6.22. The Balaban J connectivity index is 0.000000286. The number of benzene rings is 2. The molecular weight excluding hydrogens is 725 g/mol. The minimum Gasteiger partial charge on any atom is -0.508 e. The molecule has 2 unspecified atom stereocenters. The molecule has 2 heterocycles. The van der Waals surface area contributed by atoms with Gasteiger partial charge in [0.2, 0.25) is 20.0 Å². The average molecular weight is 771 g/mol. The van der Waals surface area contributed by atoms with Crippen LogP contribution in [0.2, 0.25) is 0 Å². The van der Waals surface area contributed by atoms with Crippen LogP contribution < -0.4 is 0 Å². The van der Waals surface area contributed by atoms with Crippen LogP contribution in [0.15, 0.2) is 107 Å². The van der Waals surface area contributed by atoms with E-state index in [1.165, 1.54) is 60.9 Å². The smallest absolute Gasteiger partial charge is 0.244 e. The van der Waals surface area contributed by atoms with Gasteiger partial charge in [-0.05, 0) is 77.1 Å². The van der Waals surface area contributed by atoms with Crippen molar-refractivity contribution in [1.29, 1.82) is 0 Å². The molecule has 53 heavy (non-hydrogen) atoms. The Morgan fingerprint density at radius 2 is 0.981 bits per heavy atom. The van der Waals surface area contributed by atoms with Gasteiger partial charge < -0.3 is 20.4 Å². The maximum absolute atomic E-state index is 13.3. The number of aliphatic hydroxyl groups excluding tert-OH is 3. The van der Waals surface area contributed by atoms with Gasteiger partial charge in [0.15, 0.2) is 11.6 Å². The van der Waals surface area contributed by atoms with Crippen LogP contribution in [0.1, 0.15) is 44.4 Å². The SMILES string of the molecule is CC(C)C(C(=O)CO)N(Cc1cccnc1)S(=O)(=O)c1ccc(CO)cc1.CC(C)C(C(=O)CO)N(Cc1cccnc1)S(=O)(=O)c1ccc(O)cc1. The molecule has 0 bridgehead atoms. The fourth-order valence-electron chi connectivity index (χ4n) is 5.58. The number of hydrogen-bond donors (Lipinski definition) is 4. The Bertz CT molecular complexity index is 1980. The third kappa shape index (κ3) is 11.3. The molecule has 4 N–H and O–H groups in total. The molecule has 0 aliphatic carbocycles. The molecule has 0 saturated carbocycles. The van der Waals surface area contributed by atoms with Gasteiger partial charge in [0, 0.05) is 37.9 Å². The summed E-state index contributed by atoms with van der Waals surface area (Å²) in [5, 5.41) is 37.3. The summed E-state index contributed by atoms with van der Waals surface area (Å²) in [5.74, 6) is -1.89. The van der Waals surface area contributed by atoms with Crippen LogP contribution in [0, 0.1) is 11.8 Å². The number of aromatic hydroxyl groups is 1. The number of Topliss-reactive ketones (excluding diaryl/α,β-unsaturated/α-hetero) is 2. The van der Waals surface area contributed by atoms with E-state index in [0.29, 0.717) is 16.7 Å². The van der Waals surface area contributed by atoms with E-state index >= 15 is 0 Å². The first-order chi connectivity index (χ1) is 25.1.